The summed E-state index contributed by atoms with van der Waals surface area (Å²) in [4.78, 5) is 19.9. The Morgan fingerprint density at radius 3 is 2.57 bits per heavy atom. The first kappa shape index (κ1) is 21.3. The summed E-state index contributed by atoms with van der Waals surface area (Å²) in [6, 6.07) is 9.46. The van der Waals surface area contributed by atoms with Gasteiger partial charge in [-0.1, -0.05) is 43.7 Å². The van der Waals surface area contributed by atoms with Gasteiger partial charge in [0.05, 0.1) is 0 Å². The molecule has 156 valence electrons. The molecule has 2 fully saturated rings. The first-order valence-corrected chi connectivity index (χ1v) is 11.3. The molecule has 4 nitrogen and oxygen atoms in total. The van der Waals surface area contributed by atoms with Crippen LogP contribution in [0.4, 0.5) is 0 Å². The summed E-state index contributed by atoms with van der Waals surface area (Å²) in [5.41, 5.74) is 2.77. The molecule has 4 heteroatoms. The van der Waals surface area contributed by atoms with Gasteiger partial charge < -0.3 is 4.90 Å². The molecule has 0 saturated carbocycles. The van der Waals surface area contributed by atoms with E-state index in [1.165, 1.54) is 17.5 Å². The van der Waals surface area contributed by atoms with E-state index in [0.29, 0.717) is 11.9 Å². The Labute approximate surface area is 171 Å². The largest absolute Gasteiger partial charge is 0.343 e. The second-order valence-corrected chi connectivity index (χ2v) is 9.20. The molecule has 1 unspecified atom stereocenters. The molecule has 0 bridgehead atoms. The molecule has 0 spiro atoms. The van der Waals surface area contributed by atoms with Crippen molar-refractivity contribution in [2.45, 2.75) is 65.5 Å². The van der Waals surface area contributed by atoms with Gasteiger partial charge in [0, 0.05) is 58.3 Å². The highest BCUT2D eigenvalue weighted by Gasteiger charge is 2.28. The molecule has 1 atom stereocenters. The van der Waals surface area contributed by atoms with Crippen LogP contribution >= 0.6 is 0 Å². The predicted octanol–water partition coefficient (Wildman–Crippen LogP) is 3.93. The van der Waals surface area contributed by atoms with E-state index in [2.05, 4.69) is 59.7 Å². The number of hydrogen-bond acceptors (Lipinski definition) is 3. The topological polar surface area (TPSA) is 26.8 Å². The van der Waals surface area contributed by atoms with Gasteiger partial charge in [-0.3, -0.25) is 14.6 Å². The van der Waals surface area contributed by atoms with Gasteiger partial charge in [0.15, 0.2) is 0 Å². The second kappa shape index (κ2) is 10.4. The fourth-order valence-electron chi connectivity index (χ4n) is 4.67. The van der Waals surface area contributed by atoms with Gasteiger partial charge in [0.2, 0.25) is 5.91 Å². The Bertz CT molecular complexity index is 622. The van der Waals surface area contributed by atoms with Gasteiger partial charge in [-0.15, -0.1) is 0 Å². The van der Waals surface area contributed by atoms with Gasteiger partial charge in [0.1, 0.15) is 0 Å². The van der Waals surface area contributed by atoms with Crippen LogP contribution in [-0.4, -0.2) is 65.9 Å². The molecule has 0 aliphatic carbocycles. The molecule has 2 heterocycles. The van der Waals surface area contributed by atoms with Crippen molar-refractivity contribution in [3.05, 3.63) is 35.4 Å². The first-order chi connectivity index (χ1) is 13.5. The number of carbonyl (C=O) groups is 1. The maximum absolute atomic E-state index is 12.5. The third-order valence-electron chi connectivity index (χ3n) is 6.40. The van der Waals surface area contributed by atoms with Crippen LogP contribution in [-0.2, 0) is 11.3 Å². The smallest absolute Gasteiger partial charge is 0.222 e. The van der Waals surface area contributed by atoms with Crippen LogP contribution in [0.5, 0.6) is 0 Å². The molecule has 0 N–H and O–H groups in total. The van der Waals surface area contributed by atoms with Crippen LogP contribution in [0, 0.1) is 12.8 Å². The van der Waals surface area contributed by atoms with Crippen LogP contribution in [0.15, 0.2) is 24.3 Å². The summed E-state index contributed by atoms with van der Waals surface area (Å²) >= 11 is 0. The van der Waals surface area contributed by atoms with E-state index in [0.717, 1.165) is 77.4 Å². The zero-order valence-corrected chi connectivity index (χ0v) is 18.2. The van der Waals surface area contributed by atoms with E-state index in [-0.39, 0.29) is 0 Å². The lowest BCUT2D eigenvalue weighted by Gasteiger charge is -2.39. The quantitative estimate of drug-likeness (QED) is 0.711. The Balaban J connectivity index is 1.43. The lowest BCUT2D eigenvalue weighted by atomic mass is 10.1. The van der Waals surface area contributed by atoms with Crippen LogP contribution < -0.4 is 0 Å². The number of nitrogens with zero attached hydrogens (tertiary/aromatic N) is 3. The predicted molar refractivity (Wildman–Crippen MR) is 116 cm³/mol. The van der Waals surface area contributed by atoms with Crippen molar-refractivity contribution in [3.63, 3.8) is 0 Å². The number of hydrogen-bond donors (Lipinski definition) is 0. The zero-order chi connectivity index (χ0) is 19.9. The van der Waals surface area contributed by atoms with Crippen LogP contribution in [0.1, 0.15) is 57.1 Å². The van der Waals surface area contributed by atoms with Crippen LogP contribution in [0.25, 0.3) is 0 Å². The van der Waals surface area contributed by atoms with Crippen molar-refractivity contribution in [1.29, 1.82) is 0 Å². The van der Waals surface area contributed by atoms with Crippen LogP contribution in [0.3, 0.4) is 0 Å². The number of piperazine rings is 1. The summed E-state index contributed by atoms with van der Waals surface area (Å²) in [5.74, 6) is 1.11. The summed E-state index contributed by atoms with van der Waals surface area (Å²) in [6.07, 6.45) is 5.28. The van der Waals surface area contributed by atoms with Crippen molar-refractivity contribution in [3.8, 4) is 0 Å². The van der Waals surface area contributed by atoms with E-state index >= 15 is 0 Å². The lowest BCUT2D eigenvalue weighted by molar-refractivity contribution is -0.130. The Morgan fingerprint density at radius 1 is 1.07 bits per heavy atom. The van der Waals surface area contributed by atoms with Gasteiger partial charge in [-0.2, -0.15) is 0 Å². The normalized spacial score (nSPS) is 22.6. The minimum Gasteiger partial charge on any atom is -0.343 e. The van der Waals surface area contributed by atoms with Crippen molar-refractivity contribution in [2.24, 2.45) is 5.92 Å². The highest BCUT2D eigenvalue weighted by molar-refractivity contribution is 5.76. The number of amides is 1. The van der Waals surface area contributed by atoms with Gasteiger partial charge >= 0.3 is 0 Å². The Morgan fingerprint density at radius 2 is 1.86 bits per heavy atom. The molecule has 1 amide bonds. The summed E-state index contributed by atoms with van der Waals surface area (Å²) < 4.78 is 0. The number of rotatable bonds is 7. The van der Waals surface area contributed by atoms with E-state index in [1.807, 2.05) is 0 Å². The van der Waals surface area contributed by atoms with Crippen molar-refractivity contribution in [1.82, 2.24) is 14.7 Å². The summed E-state index contributed by atoms with van der Waals surface area (Å²) in [5, 5.41) is 0. The fraction of sp³-hybridized carbons (Fsp3) is 0.708. The van der Waals surface area contributed by atoms with Crippen LogP contribution in [0.2, 0.25) is 0 Å². The fourth-order valence-corrected chi connectivity index (χ4v) is 4.67. The molecule has 3 rings (SSSR count). The van der Waals surface area contributed by atoms with E-state index < -0.39 is 0 Å². The molecule has 2 saturated heterocycles. The molecule has 0 aromatic heterocycles. The molecule has 0 radical (unpaired) electrons. The van der Waals surface area contributed by atoms with E-state index in [9.17, 15) is 4.79 Å². The number of carbonyl (C=O) groups excluding carboxylic acids is 1. The minimum atomic E-state index is 0.379. The standard InChI is InChI=1S/C24H39N3O/c1-20(2)6-5-12-27-13-11-23(9-10-24(27)28)26-16-14-25(15-17-26)19-22-8-4-7-21(3)18-22/h4,7-8,18,20,23H,5-6,9-17,19H2,1-3H3. The zero-order valence-electron chi connectivity index (χ0n) is 18.2. The summed E-state index contributed by atoms with van der Waals surface area (Å²) in [6.45, 7) is 14.2. The molecular weight excluding hydrogens is 346 g/mol. The highest BCUT2D eigenvalue weighted by Crippen LogP contribution is 2.21. The van der Waals surface area contributed by atoms with Crippen molar-refractivity contribution in [2.75, 3.05) is 39.3 Å². The molecular formula is C24H39N3O. The number of benzene rings is 1. The van der Waals surface area contributed by atoms with E-state index in [4.69, 9.17) is 0 Å². The van der Waals surface area contributed by atoms with Gasteiger partial charge in [-0.05, 0) is 44.1 Å². The van der Waals surface area contributed by atoms with E-state index in [1.54, 1.807) is 0 Å². The summed E-state index contributed by atoms with van der Waals surface area (Å²) in [7, 11) is 0. The number of aryl methyl sites for hydroxylation is 1. The molecule has 2 aliphatic heterocycles. The lowest BCUT2D eigenvalue weighted by Crippen LogP contribution is -2.50. The minimum absolute atomic E-state index is 0.379. The average Bonchev–Trinajstić information content (AvgIpc) is 2.84. The van der Waals surface area contributed by atoms with Gasteiger partial charge in [-0.25, -0.2) is 0 Å². The molecule has 2 aliphatic rings. The Kier molecular flexibility index (Phi) is 7.92. The average molecular weight is 386 g/mol. The number of likely N-dealkylation sites (tertiary alicyclic amines) is 1. The Hall–Kier alpha value is -1.39. The highest BCUT2D eigenvalue weighted by atomic mass is 16.2. The molecule has 1 aromatic rings. The second-order valence-electron chi connectivity index (χ2n) is 9.20. The molecule has 28 heavy (non-hydrogen) atoms. The maximum atomic E-state index is 12.5. The van der Waals surface area contributed by atoms with Crippen molar-refractivity contribution >= 4 is 5.91 Å². The third-order valence-corrected chi connectivity index (χ3v) is 6.40. The molecule has 1 aromatic carbocycles. The SMILES string of the molecule is Cc1cccc(CN2CCN(C3CCC(=O)N(CCCC(C)C)CC3)CC2)c1. The van der Waals surface area contributed by atoms with Crippen molar-refractivity contribution < 1.29 is 4.79 Å². The maximum Gasteiger partial charge on any atom is 0.222 e. The first-order valence-electron chi connectivity index (χ1n) is 11.3. The third kappa shape index (κ3) is 6.31. The monoisotopic (exact) mass is 385 g/mol. The van der Waals surface area contributed by atoms with Gasteiger partial charge in [0.25, 0.3) is 0 Å².